The zero-order valence-electron chi connectivity index (χ0n) is 22.2. The second kappa shape index (κ2) is 10.3. The molecule has 176 valence electrons. The maximum absolute atomic E-state index is 2.36. The Kier molecular flexibility index (Phi) is 7.88. The van der Waals surface area contributed by atoms with Crippen LogP contribution >= 0.6 is 0 Å². The van der Waals surface area contributed by atoms with E-state index in [-0.39, 0.29) is 5.41 Å². The lowest BCUT2D eigenvalue weighted by atomic mass is 9.69. The Morgan fingerprint density at radius 2 is 1.03 bits per heavy atom. The first kappa shape index (κ1) is 25.3. The van der Waals surface area contributed by atoms with Crippen molar-refractivity contribution in [2.75, 3.05) is 0 Å². The first-order chi connectivity index (χ1) is 15.7. The van der Waals surface area contributed by atoms with Gasteiger partial charge in [-0.1, -0.05) is 128 Å². The first-order valence-electron chi connectivity index (χ1n) is 12.9. The molecule has 1 unspecified atom stereocenters. The van der Waals surface area contributed by atoms with Crippen LogP contribution in [0.5, 0.6) is 0 Å². The van der Waals surface area contributed by atoms with Crippen molar-refractivity contribution in [2.24, 2.45) is 10.8 Å². The van der Waals surface area contributed by atoms with Crippen LogP contribution < -0.4 is 0 Å². The lowest BCUT2D eigenvalue weighted by molar-refractivity contribution is 0.289. The van der Waals surface area contributed by atoms with Gasteiger partial charge in [-0.2, -0.15) is 0 Å². The van der Waals surface area contributed by atoms with Crippen molar-refractivity contribution >= 4 is 0 Å². The topological polar surface area (TPSA) is 0 Å². The third kappa shape index (κ3) is 5.43. The number of benzene rings is 3. The van der Waals surface area contributed by atoms with Crippen molar-refractivity contribution in [2.45, 2.75) is 86.5 Å². The summed E-state index contributed by atoms with van der Waals surface area (Å²) < 4.78 is 0. The molecular formula is C33H44. The van der Waals surface area contributed by atoms with E-state index in [1.165, 1.54) is 41.5 Å². The average Bonchev–Trinajstić information content (AvgIpc) is 3.15. The van der Waals surface area contributed by atoms with Crippen molar-refractivity contribution in [1.82, 2.24) is 0 Å². The maximum Gasteiger partial charge on any atom is 0.0150 e. The lowest BCUT2D eigenvalue weighted by Crippen LogP contribution is -2.22. The van der Waals surface area contributed by atoms with E-state index in [0.717, 1.165) is 5.92 Å². The third-order valence-electron chi connectivity index (χ3n) is 7.11. The Balaban J connectivity index is 0.000000176. The second-order valence-corrected chi connectivity index (χ2v) is 11.5. The molecule has 2 aliphatic carbocycles. The monoisotopic (exact) mass is 440 g/mol. The summed E-state index contributed by atoms with van der Waals surface area (Å²) in [5.41, 5.74) is 9.68. The van der Waals surface area contributed by atoms with E-state index in [0.29, 0.717) is 11.3 Å². The molecule has 0 fully saturated rings. The average molecular weight is 441 g/mol. The quantitative estimate of drug-likeness (QED) is 0.326. The zero-order chi connectivity index (χ0) is 24.2. The fourth-order valence-electron chi connectivity index (χ4n) is 5.74. The summed E-state index contributed by atoms with van der Waals surface area (Å²) in [5, 5.41) is 0. The minimum atomic E-state index is 0.267. The van der Waals surface area contributed by atoms with Crippen LogP contribution in [-0.2, 0) is 6.42 Å². The molecule has 0 aliphatic heterocycles. The highest BCUT2D eigenvalue weighted by Crippen LogP contribution is 2.52. The molecule has 1 atom stereocenters. The predicted molar refractivity (Wildman–Crippen MR) is 146 cm³/mol. The van der Waals surface area contributed by atoms with E-state index in [4.69, 9.17) is 0 Å². The SMILES string of the molecule is CC.CC(C)(C)C1CCCc2ccccc21.CC(C)(C)C1c2ccccc2-c2ccccc21. The Morgan fingerprint density at radius 3 is 1.52 bits per heavy atom. The summed E-state index contributed by atoms with van der Waals surface area (Å²) >= 11 is 0. The van der Waals surface area contributed by atoms with E-state index in [1.807, 2.05) is 13.8 Å². The van der Waals surface area contributed by atoms with Crippen molar-refractivity contribution in [1.29, 1.82) is 0 Å². The molecule has 0 heteroatoms. The molecule has 0 N–H and O–H groups in total. The molecule has 0 heterocycles. The van der Waals surface area contributed by atoms with Gasteiger partial charge in [0, 0.05) is 5.92 Å². The number of fused-ring (bicyclic) bond motifs is 4. The van der Waals surface area contributed by atoms with Gasteiger partial charge in [-0.15, -0.1) is 0 Å². The summed E-state index contributed by atoms with van der Waals surface area (Å²) in [6.07, 6.45) is 4.00. The Bertz CT molecular complexity index is 996. The van der Waals surface area contributed by atoms with Gasteiger partial charge in [-0.25, -0.2) is 0 Å². The highest BCUT2D eigenvalue weighted by atomic mass is 14.4. The van der Waals surface area contributed by atoms with Crippen LogP contribution in [0.1, 0.15) is 102 Å². The highest BCUT2D eigenvalue weighted by Gasteiger charge is 2.36. The smallest absolute Gasteiger partial charge is 0.0150 e. The van der Waals surface area contributed by atoms with Gasteiger partial charge in [0.15, 0.2) is 0 Å². The molecule has 0 amide bonds. The standard InChI is InChI=1S/C17H18.C14H20.C2H6/c1-17(2,3)16-14-10-6-4-8-12(14)13-9-5-7-11-15(13)16;1-14(2,3)13-10-6-8-11-7-4-5-9-12(11)13;1-2/h4-11,16H,1-3H3;4-5,7,9,13H,6,8,10H2,1-3H3;1-2H3. The predicted octanol–water partition coefficient (Wildman–Crippen LogP) is 10.0. The Hall–Kier alpha value is -2.34. The van der Waals surface area contributed by atoms with Gasteiger partial charge < -0.3 is 0 Å². The van der Waals surface area contributed by atoms with Gasteiger partial charge in [0.25, 0.3) is 0 Å². The normalized spacial score (nSPS) is 16.9. The van der Waals surface area contributed by atoms with Gasteiger partial charge in [-0.05, 0) is 69.4 Å². The molecule has 0 spiro atoms. The zero-order valence-corrected chi connectivity index (χ0v) is 22.2. The molecule has 0 saturated heterocycles. The molecule has 2 aliphatic rings. The first-order valence-corrected chi connectivity index (χ1v) is 12.9. The number of hydrogen-bond donors (Lipinski definition) is 0. The van der Waals surface area contributed by atoms with Gasteiger partial charge in [-0.3, -0.25) is 0 Å². The van der Waals surface area contributed by atoms with Crippen LogP contribution in [-0.4, -0.2) is 0 Å². The fourth-order valence-corrected chi connectivity index (χ4v) is 5.74. The summed E-state index contributed by atoms with van der Waals surface area (Å²) in [6, 6.07) is 26.6. The van der Waals surface area contributed by atoms with Crippen LogP contribution in [0.2, 0.25) is 0 Å². The summed E-state index contributed by atoms with van der Waals surface area (Å²) in [5.74, 6) is 1.28. The maximum atomic E-state index is 2.36. The molecule has 3 aromatic rings. The van der Waals surface area contributed by atoms with Crippen LogP contribution in [0.3, 0.4) is 0 Å². The van der Waals surface area contributed by atoms with E-state index in [2.05, 4.69) is 114 Å². The molecular weight excluding hydrogens is 396 g/mol. The van der Waals surface area contributed by atoms with Crippen molar-refractivity contribution in [3.8, 4) is 11.1 Å². The molecule has 0 nitrogen and oxygen atoms in total. The minimum Gasteiger partial charge on any atom is -0.0683 e. The highest BCUT2D eigenvalue weighted by molar-refractivity contribution is 5.79. The second-order valence-electron chi connectivity index (χ2n) is 11.5. The van der Waals surface area contributed by atoms with Crippen LogP contribution in [0, 0.1) is 10.8 Å². The van der Waals surface area contributed by atoms with Gasteiger partial charge >= 0.3 is 0 Å². The summed E-state index contributed by atoms with van der Waals surface area (Å²) in [4.78, 5) is 0. The Labute approximate surface area is 203 Å². The molecule has 5 rings (SSSR count). The van der Waals surface area contributed by atoms with Gasteiger partial charge in [0.2, 0.25) is 0 Å². The number of rotatable bonds is 0. The minimum absolute atomic E-state index is 0.267. The molecule has 0 bridgehead atoms. The van der Waals surface area contributed by atoms with Crippen molar-refractivity contribution in [3.05, 3.63) is 95.1 Å². The van der Waals surface area contributed by atoms with Gasteiger partial charge in [0.1, 0.15) is 0 Å². The number of hydrogen-bond acceptors (Lipinski definition) is 0. The molecule has 33 heavy (non-hydrogen) atoms. The van der Waals surface area contributed by atoms with E-state index in [9.17, 15) is 0 Å². The lowest BCUT2D eigenvalue weighted by Gasteiger charge is -2.35. The third-order valence-corrected chi connectivity index (χ3v) is 7.11. The van der Waals surface area contributed by atoms with Crippen molar-refractivity contribution in [3.63, 3.8) is 0 Å². The van der Waals surface area contributed by atoms with Crippen LogP contribution in [0.25, 0.3) is 11.1 Å². The summed E-state index contributed by atoms with van der Waals surface area (Å²) in [7, 11) is 0. The largest absolute Gasteiger partial charge is 0.0683 e. The number of aryl methyl sites for hydroxylation is 1. The van der Waals surface area contributed by atoms with Crippen LogP contribution in [0.4, 0.5) is 0 Å². The summed E-state index contributed by atoms with van der Waals surface area (Å²) in [6.45, 7) is 18.1. The molecule has 0 saturated carbocycles. The van der Waals surface area contributed by atoms with Crippen molar-refractivity contribution < 1.29 is 0 Å². The molecule has 0 radical (unpaired) electrons. The van der Waals surface area contributed by atoms with E-state index < -0.39 is 0 Å². The van der Waals surface area contributed by atoms with Gasteiger partial charge in [0.05, 0.1) is 0 Å². The fraction of sp³-hybridized carbons (Fsp3) is 0.455. The van der Waals surface area contributed by atoms with Crippen LogP contribution in [0.15, 0.2) is 72.8 Å². The molecule has 3 aromatic carbocycles. The molecule has 0 aromatic heterocycles. The Morgan fingerprint density at radius 1 is 0.576 bits per heavy atom. The van der Waals surface area contributed by atoms with E-state index >= 15 is 0 Å². The van der Waals surface area contributed by atoms with E-state index in [1.54, 1.807) is 11.1 Å².